The number of morpholine rings is 1. The zero-order chi connectivity index (χ0) is 18.4. The Hall–Kier alpha value is -1.13. The van der Waals surface area contributed by atoms with Crippen LogP contribution in [0.1, 0.15) is 24.8 Å². The first-order valence-corrected chi connectivity index (χ1v) is 10.5. The molecule has 1 aliphatic carbocycles. The molecule has 1 aromatic rings. The second-order valence-electron chi connectivity index (χ2n) is 7.33. The van der Waals surface area contributed by atoms with Gasteiger partial charge < -0.3 is 9.84 Å². The molecule has 3 aliphatic rings. The van der Waals surface area contributed by atoms with E-state index in [4.69, 9.17) is 4.74 Å². The van der Waals surface area contributed by atoms with Crippen LogP contribution in [0.4, 0.5) is 4.39 Å². The van der Waals surface area contributed by atoms with Crippen LogP contribution in [-0.2, 0) is 20.5 Å². The summed E-state index contributed by atoms with van der Waals surface area (Å²) >= 11 is 0. The number of hydrogen-bond acceptors (Lipinski definition) is 5. The third-order valence-corrected chi connectivity index (χ3v) is 7.98. The molecule has 9 heteroatoms. The number of aromatic nitrogens is 1. The van der Waals surface area contributed by atoms with Gasteiger partial charge in [0.2, 0.25) is 5.95 Å². The van der Waals surface area contributed by atoms with Crippen molar-refractivity contribution in [3.8, 4) is 0 Å². The Labute approximate surface area is 153 Å². The molecule has 1 saturated carbocycles. The fourth-order valence-corrected chi connectivity index (χ4v) is 6.34. The average Bonchev–Trinajstić information content (AvgIpc) is 2.62. The molecule has 4 rings (SSSR count). The maximum atomic E-state index is 14.3. The maximum absolute atomic E-state index is 14.3. The van der Waals surface area contributed by atoms with Crippen LogP contribution in [-0.4, -0.2) is 66.5 Å². The van der Waals surface area contributed by atoms with Crippen molar-refractivity contribution in [1.82, 2.24) is 13.6 Å². The first kappa shape index (κ1) is 18.2. The van der Waals surface area contributed by atoms with Gasteiger partial charge in [-0.1, -0.05) is 12.5 Å². The van der Waals surface area contributed by atoms with Gasteiger partial charge >= 0.3 is 0 Å². The quantitative estimate of drug-likeness (QED) is 0.775. The third-order valence-electron chi connectivity index (χ3n) is 6.01. The van der Waals surface area contributed by atoms with Crippen molar-refractivity contribution in [1.29, 1.82) is 0 Å². The Kier molecular flexibility index (Phi) is 4.77. The predicted octanol–water partition coefficient (Wildman–Crippen LogP) is 0.717. The summed E-state index contributed by atoms with van der Waals surface area (Å²) in [5.41, 5.74) is -1.17. The van der Waals surface area contributed by atoms with Gasteiger partial charge in [0.25, 0.3) is 10.2 Å². The van der Waals surface area contributed by atoms with E-state index in [-0.39, 0.29) is 30.5 Å². The summed E-state index contributed by atoms with van der Waals surface area (Å²) in [5, 5.41) is 11.5. The molecule has 0 radical (unpaired) electrons. The normalized spacial score (nSPS) is 33.9. The molecule has 0 amide bonds. The van der Waals surface area contributed by atoms with Crippen LogP contribution in [0.25, 0.3) is 0 Å². The number of fused-ring (bicyclic) bond motifs is 2. The molecule has 2 atom stereocenters. The van der Waals surface area contributed by atoms with Crippen molar-refractivity contribution in [2.75, 3.05) is 39.4 Å². The first-order valence-electron chi connectivity index (χ1n) is 9.10. The van der Waals surface area contributed by atoms with Crippen molar-refractivity contribution >= 4 is 10.2 Å². The Morgan fingerprint density at radius 2 is 1.85 bits per heavy atom. The van der Waals surface area contributed by atoms with Crippen molar-refractivity contribution in [2.24, 2.45) is 11.8 Å². The molecule has 1 N–H and O–H groups in total. The summed E-state index contributed by atoms with van der Waals surface area (Å²) in [6.45, 7) is 1.86. The number of ether oxygens (including phenoxy) is 1. The molecule has 3 heterocycles. The van der Waals surface area contributed by atoms with Crippen molar-refractivity contribution in [3.63, 3.8) is 0 Å². The van der Waals surface area contributed by atoms with Gasteiger partial charge in [-0.3, -0.25) is 0 Å². The van der Waals surface area contributed by atoms with E-state index >= 15 is 0 Å². The van der Waals surface area contributed by atoms with E-state index in [0.29, 0.717) is 39.1 Å². The van der Waals surface area contributed by atoms with E-state index in [1.165, 1.54) is 14.8 Å². The van der Waals surface area contributed by atoms with Crippen molar-refractivity contribution in [2.45, 2.75) is 24.9 Å². The van der Waals surface area contributed by atoms with E-state index < -0.39 is 21.8 Å². The average molecular weight is 385 g/mol. The van der Waals surface area contributed by atoms with Gasteiger partial charge in [-0.05, 0) is 18.9 Å². The molecule has 2 saturated heterocycles. The Balaban J connectivity index is 1.64. The maximum Gasteiger partial charge on any atom is 0.282 e. The highest BCUT2D eigenvalue weighted by Crippen LogP contribution is 2.50. The Bertz CT molecular complexity index is 755. The van der Waals surface area contributed by atoms with Gasteiger partial charge in [0.05, 0.1) is 13.2 Å². The van der Waals surface area contributed by atoms with E-state index in [1.807, 2.05) is 0 Å². The van der Waals surface area contributed by atoms with Gasteiger partial charge in [-0.25, -0.2) is 4.98 Å². The minimum Gasteiger partial charge on any atom is -0.384 e. The van der Waals surface area contributed by atoms with Crippen LogP contribution < -0.4 is 0 Å². The number of piperidine rings is 1. The number of aliphatic hydroxyl groups is 1. The van der Waals surface area contributed by atoms with Crippen LogP contribution in [0.2, 0.25) is 0 Å². The molecule has 7 nitrogen and oxygen atoms in total. The van der Waals surface area contributed by atoms with Crippen LogP contribution in [0.15, 0.2) is 18.3 Å². The van der Waals surface area contributed by atoms with E-state index in [1.54, 1.807) is 12.1 Å². The second-order valence-corrected chi connectivity index (χ2v) is 9.26. The highest BCUT2D eigenvalue weighted by atomic mass is 32.2. The molecule has 0 spiro atoms. The topological polar surface area (TPSA) is 83.0 Å². The largest absolute Gasteiger partial charge is 0.384 e. The third kappa shape index (κ3) is 2.86. The van der Waals surface area contributed by atoms with Gasteiger partial charge in [-0.15, -0.1) is 0 Å². The highest BCUT2D eigenvalue weighted by molar-refractivity contribution is 7.86. The summed E-state index contributed by atoms with van der Waals surface area (Å²) in [7, 11) is -3.60. The minimum atomic E-state index is -3.60. The smallest absolute Gasteiger partial charge is 0.282 e. The molecule has 26 heavy (non-hydrogen) atoms. The summed E-state index contributed by atoms with van der Waals surface area (Å²) in [6, 6.07) is 3.18. The number of nitrogens with zero attached hydrogens (tertiary/aromatic N) is 3. The lowest BCUT2D eigenvalue weighted by molar-refractivity contribution is -0.136. The minimum absolute atomic E-state index is 0.193. The molecule has 3 fully saturated rings. The zero-order valence-electron chi connectivity index (χ0n) is 14.6. The van der Waals surface area contributed by atoms with Crippen LogP contribution >= 0.6 is 0 Å². The summed E-state index contributed by atoms with van der Waals surface area (Å²) in [5.74, 6) is -1.36. The fraction of sp³-hybridized carbons (Fsp3) is 0.706. The summed E-state index contributed by atoms with van der Waals surface area (Å²) in [6.07, 6.45) is 3.59. The predicted molar refractivity (Wildman–Crippen MR) is 91.8 cm³/mol. The van der Waals surface area contributed by atoms with Crippen LogP contribution in [0.3, 0.4) is 0 Å². The standard InChI is InChI=1S/C17H24FN3O4S/c18-16-15(5-2-6-19-16)17(22)13-3-1-4-14(17)12-21(11-13)26(23,24)20-7-9-25-10-8-20/h2,5-6,13-14,22H,1,3-4,7-12H2/t13-,14-/m0/s1. The summed E-state index contributed by atoms with van der Waals surface area (Å²) in [4.78, 5) is 3.69. The van der Waals surface area contributed by atoms with E-state index in [2.05, 4.69) is 4.98 Å². The number of rotatable bonds is 3. The SMILES string of the molecule is O=S(=O)(N1CCOCC1)N1C[C@@H]2CCC[C@@H](C1)C2(O)c1cccnc1F. The highest BCUT2D eigenvalue weighted by Gasteiger charge is 2.55. The number of halogens is 1. The molecule has 1 aromatic heterocycles. The van der Waals surface area contributed by atoms with Gasteiger partial charge in [0, 0.05) is 49.8 Å². The summed E-state index contributed by atoms with van der Waals surface area (Å²) < 4.78 is 48.5. The van der Waals surface area contributed by atoms with Crippen LogP contribution in [0.5, 0.6) is 0 Å². The Morgan fingerprint density at radius 3 is 2.46 bits per heavy atom. The molecule has 2 aliphatic heterocycles. The fourth-order valence-electron chi connectivity index (χ4n) is 4.66. The second kappa shape index (κ2) is 6.79. The van der Waals surface area contributed by atoms with Crippen LogP contribution in [0, 0.1) is 17.8 Å². The first-order chi connectivity index (χ1) is 12.4. The number of pyridine rings is 1. The molecule has 144 valence electrons. The molecular formula is C17H24FN3O4S. The molecular weight excluding hydrogens is 361 g/mol. The number of hydrogen-bond donors (Lipinski definition) is 1. The van der Waals surface area contributed by atoms with Gasteiger partial charge in [0.15, 0.2) is 0 Å². The lowest BCUT2D eigenvalue weighted by Gasteiger charge is -2.53. The lowest BCUT2D eigenvalue weighted by Crippen LogP contribution is -2.61. The molecule has 0 unspecified atom stereocenters. The molecule has 0 aromatic carbocycles. The lowest BCUT2D eigenvalue weighted by atomic mass is 9.63. The zero-order valence-corrected chi connectivity index (χ0v) is 15.4. The van der Waals surface area contributed by atoms with Gasteiger partial charge in [-0.2, -0.15) is 21.4 Å². The monoisotopic (exact) mass is 385 g/mol. The molecule has 2 bridgehead atoms. The van der Waals surface area contributed by atoms with Gasteiger partial charge in [0.1, 0.15) is 5.60 Å². The van der Waals surface area contributed by atoms with E-state index in [9.17, 15) is 17.9 Å². The van der Waals surface area contributed by atoms with Crippen molar-refractivity contribution < 1.29 is 22.7 Å². The Morgan fingerprint density at radius 1 is 1.19 bits per heavy atom. The van der Waals surface area contributed by atoms with E-state index in [0.717, 1.165) is 6.42 Å². The van der Waals surface area contributed by atoms with Crippen molar-refractivity contribution in [3.05, 3.63) is 29.8 Å².